The molecule has 3 saturated carbocycles. The number of unbranched alkanes of at least 4 members (excludes halogenated alkanes) is 17. The Kier molecular flexibility index (Phi) is 24.4. The van der Waals surface area contributed by atoms with E-state index in [0.717, 1.165) is 48.0 Å². The van der Waals surface area contributed by atoms with Crippen molar-refractivity contribution in [3.63, 3.8) is 0 Å². The van der Waals surface area contributed by atoms with Gasteiger partial charge in [-0.1, -0.05) is 208 Å². The minimum atomic E-state index is 0.448. The molecule has 0 aromatic rings. The monoisotopic (exact) mass is 888 g/mol. The molecule has 0 amide bonds. The van der Waals surface area contributed by atoms with Crippen LogP contribution in [0.2, 0.25) is 0 Å². The van der Waals surface area contributed by atoms with E-state index in [2.05, 4.69) is 78.5 Å². The summed E-state index contributed by atoms with van der Waals surface area (Å²) in [6, 6.07) is 0. The summed E-state index contributed by atoms with van der Waals surface area (Å²) in [6.07, 6.45) is 57.5. The minimum Gasteiger partial charge on any atom is -0.377 e. The highest BCUT2D eigenvalue weighted by Gasteiger charge is 2.63. The number of likely N-dealkylation sites (tertiary alicyclic amines) is 1. The van der Waals surface area contributed by atoms with Crippen LogP contribution in [0, 0.1) is 57.7 Å². The number of allylic oxidation sites excluding steroid dienone is 4. The number of rotatable bonds is 34. The first-order chi connectivity index (χ1) is 31.0. The summed E-state index contributed by atoms with van der Waals surface area (Å²) in [7, 11) is 0. The molecule has 5 rings (SSSR count). The molecule has 1 saturated heterocycles. The first-order valence-electron chi connectivity index (χ1n) is 29.7. The van der Waals surface area contributed by atoms with Gasteiger partial charge in [0.2, 0.25) is 0 Å². The Hall–Kier alpha value is -0.600. The Morgan fingerprint density at radius 3 is 2.00 bits per heavy atom. The average molecular weight is 889 g/mol. The van der Waals surface area contributed by atoms with Crippen LogP contribution >= 0.6 is 0 Å². The lowest BCUT2D eigenvalue weighted by molar-refractivity contribution is -0.0868. The summed E-state index contributed by atoms with van der Waals surface area (Å²) in [5, 5.41) is 0. The normalized spacial score (nSPS) is 31.6. The number of ether oxygens (including phenoxy) is 1. The van der Waals surface area contributed by atoms with Gasteiger partial charge in [0.05, 0.1) is 6.10 Å². The first kappa shape index (κ1) is 54.3. The van der Waals surface area contributed by atoms with Crippen molar-refractivity contribution in [1.29, 1.82) is 0 Å². The predicted octanol–water partition coefficient (Wildman–Crippen LogP) is 19.3. The maximum Gasteiger partial charge on any atom is 0.0702 e. The molecule has 372 valence electrons. The molecule has 4 aliphatic carbocycles. The van der Waals surface area contributed by atoms with E-state index in [0.29, 0.717) is 22.3 Å². The molecule has 4 fully saturated rings. The quantitative estimate of drug-likeness (QED) is 0.0471. The van der Waals surface area contributed by atoms with E-state index in [1.165, 1.54) is 244 Å². The second-order valence-corrected chi connectivity index (χ2v) is 25.0. The predicted molar refractivity (Wildman–Crippen MR) is 282 cm³/mol. The van der Waals surface area contributed by atoms with Crippen LogP contribution in [-0.2, 0) is 4.74 Å². The molecule has 0 aromatic heterocycles. The fourth-order valence-electron chi connectivity index (χ4n) is 15.3. The second-order valence-electron chi connectivity index (χ2n) is 25.0. The number of fused-ring (bicyclic) bond motifs is 5. The van der Waals surface area contributed by atoms with Crippen LogP contribution in [0.15, 0.2) is 23.8 Å². The highest BCUT2D eigenvalue weighted by molar-refractivity contribution is 5.26. The van der Waals surface area contributed by atoms with Crippen molar-refractivity contribution in [2.75, 3.05) is 26.2 Å². The summed E-state index contributed by atoms with van der Waals surface area (Å²) in [4.78, 5) is 2.74. The SMILES string of the molecule is CCCCCCCC/C=C\CCCCCCCCCCC(CN1CCC(CC)C1)OCCCCCCC1CCC2(C)C(=CCC3C2CC[C@@]2(C)C3CC[C@]2(C)[C@H](C)CCCC(C)C)C1. The van der Waals surface area contributed by atoms with Gasteiger partial charge in [-0.2, -0.15) is 0 Å². The van der Waals surface area contributed by atoms with Gasteiger partial charge in [0.15, 0.2) is 0 Å². The molecule has 64 heavy (non-hydrogen) atoms. The first-order valence-corrected chi connectivity index (χ1v) is 29.7. The van der Waals surface area contributed by atoms with Crippen LogP contribution in [0.3, 0.4) is 0 Å². The highest BCUT2D eigenvalue weighted by atomic mass is 16.5. The third-order valence-electron chi connectivity index (χ3n) is 20.2. The number of hydrogen-bond donors (Lipinski definition) is 0. The van der Waals surface area contributed by atoms with Gasteiger partial charge >= 0.3 is 0 Å². The van der Waals surface area contributed by atoms with Crippen molar-refractivity contribution in [3.05, 3.63) is 23.8 Å². The van der Waals surface area contributed by atoms with E-state index in [1.807, 2.05) is 5.57 Å². The fourth-order valence-corrected chi connectivity index (χ4v) is 15.3. The van der Waals surface area contributed by atoms with Crippen molar-refractivity contribution >= 4 is 0 Å². The Balaban J connectivity index is 0.928. The van der Waals surface area contributed by atoms with E-state index in [9.17, 15) is 0 Å². The molecule has 0 aromatic carbocycles. The van der Waals surface area contributed by atoms with Crippen molar-refractivity contribution < 1.29 is 4.74 Å². The number of hydrogen-bond acceptors (Lipinski definition) is 2. The Morgan fingerprint density at radius 2 is 1.31 bits per heavy atom. The Bertz CT molecular complexity index is 1300. The van der Waals surface area contributed by atoms with Crippen LogP contribution in [0.1, 0.15) is 280 Å². The smallest absolute Gasteiger partial charge is 0.0702 e. The van der Waals surface area contributed by atoms with Gasteiger partial charge in [-0.05, 0) is 161 Å². The third-order valence-corrected chi connectivity index (χ3v) is 20.2. The molecule has 1 aliphatic heterocycles. The zero-order valence-electron chi connectivity index (χ0n) is 44.8. The van der Waals surface area contributed by atoms with Crippen molar-refractivity contribution in [2.24, 2.45) is 57.7 Å². The van der Waals surface area contributed by atoms with Crippen LogP contribution < -0.4 is 0 Å². The lowest BCUT2D eigenvalue weighted by Gasteiger charge is -2.60. The zero-order valence-corrected chi connectivity index (χ0v) is 44.8. The number of nitrogens with zero attached hydrogens (tertiary/aromatic N) is 1. The van der Waals surface area contributed by atoms with Gasteiger partial charge < -0.3 is 9.64 Å². The molecule has 7 unspecified atom stereocenters. The van der Waals surface area contributed by atoms with Gasteiger partial charge in [0.1, 0.15) is 0 Å². The van der Waals surface area contributed by atoms with Gasteiger partial charge in [0.25, 0.3) is 0 Å². The van der Waals surface area contributed by atoms with E-state index in [1.54, 1.807) is 0 Å². The van der Waals surface area contributed by atoms with Crippen LogP contribution in [-0.4, -0.2) is 37.2 Å². The third kappa shape index (κ3) is 16.0. The molecule has 2 heteroatoms. The standard InChI is InChI=1S/C62H113NO/c1-9-11-12-13-14-15-16-17-18-19-20-21-22-23-24-25-26-30-36-56(50-63-46-42-53(10-2)49-63)64-47-31-28-27-29-35-54-39-43-60(6)55(48-54)37-38-57-58(60)40-45-62(8)59(57)41-44-61(62,7)52(5)34-32-33-51(3)4/h17-18,37,51-54,56-59H,9-16,19-36,38-50H2,1-8H3/b18-17-/t52-,53?,54?,56?,57?,58?,59?,60?,61-,62+/m1/s1. The van der Waals surface area contributed by atoms with Gasteiger partial charge in [-0.3, -0.25) is 0 Å². The highest BCUT2D eigenvalue weighted by Crippen LogP contribution is 2.71. The summed E-state index contributed by atoms with van der Waals surface area (Å²) >= 11 is 0. The summed E-state index contributed by atoms with van der Waals surface area (Å²) < 4.78 is 6.74. The molecule has 2 nitrogen and oxygen atoms in total. The summed E-state index contributed by atoms with van der Waals surface area (Å²) in [5.74, 6) is 6.41. The van der Waals surface area contributed by atoms with Crippen LogP contribution in [0.5, 0.6) is 0 Å². The summed E-state index contributed by atoms with van der Waals surface area (Å²) in [5.41, 5.74) is 3.48. The molecule has 10 atom stereocenters. The molecule has 1 heterocycles. The average Bonchev–Trinajstić information content (AvgIpc) is 3.86. The van der Waals surface area contributed by atoms with Crippen LogP contribution in [0.4, 0.5) is 0 Å². The van der Waals surface area contributed by atoms with Gasteiger partial charge in [0, 0.05) is 19.7 Å². The van der Waals surface area contributed by atoms with E-state index >= 15 is 0 Å². The molecular weight excluding hydrogens is 775 g/mol. The molecule has 0 N–H and O–H groups in total. The Labute approximate surface area is 401 Å². The minimum absolute atomic E-state index is 0.448. The Morgan fingerprint density at radius 1 is 0.656 bits per heavy atom. The molecule has 0 radical (unpaired) electrons. The molecule has 5 aliphatic rings. The van der Waals surface area contributed by atoms with Gasteiger partial charge in [-0.25, -0.2) is 0 Å². The fraction of sp³-hybridized carbons (Fsp3) is 0.935. The maximum atomic E-state index is 6.74. The summed E-state index contributed by atoms with van der Waals surface area (Å²) in [6.45, 7) is 25.2. The van der Waals surface area contributed by atoms with Gasteiger partial charge in [-0.15, -0.1) is 0 Å². The van der Waals surface area contributed by atoms with E-state index in [4.69, 9.17) is 4.74 Å². The molecular formula is C62H113NO. The van der Waals surface area contributed by atoms with Crippen LogP contribution in [0.25, 0.3) is 0 Å². The molecule has 0 bridgehead atoms. The largest absolute Gasteiger partial charge is 0.377 e. The molecule has 0 spiro atoms. The lowest BCUT2D eigenvalue weighted by Crippen LogP contribution is -2.52. The maximum absolute atomic E-state index is 6.74. The lowest BCUT2D eigenvalue weighted by atomic mass is 9.44. The van der Waals surface area contributed by atoms with E-state index in [-0.39, 0.29) is 0 Å². The zero-order chi connectivity index (χ0) is 45.7. The topological polar surface area (TPSA) is 12.5 Å². The van der Waals surface area contributed by atoms with Crippen molar-refractivity contribution in [1.82, 2.24) is 4.90 Å². The van der Waals surface area contributed by atoms with Crippen molar-refractivity contribution in [3.8, 4) is 0 Å². The van der Waals surface area contributed by atoms with E-state index < -0.39 is 0 Å². The second kappa shape index (κ2) is 28.8. The van der Waals surface area contributed by atoms with Crippen molar-refractivity contribution in [2.45, 2.75) is 286 Å².